The maximum atomic E-state index is 15.7. The van der Waals surface area contributed by atoms with Crippen LogP contribution in [0.1, 0.15) is 89.2 Å². The maximum absolute atomic E-state index is 15.7. The first-order valence-corrected chi connectivity index (χ1v) is 13.6. The van der Waals surface area contributed by atoms with Crippen molar-refractivity contribution in [2.45, 2.75) is 90.1 Å². The van der Waals surface area contributed by atoms with Gasteiger partial charge in [0.25, 0.3) is 0 Å². The van der Waals surface area contributed by atoms with Crippen LogP contribution in [0.15, 0.2) is 42.5 Å². The number of benzene rings is 2. The van der Waals surface area contributed by atoms with Crippen LogP contribution in [-0.4, -0.2) is 23.4 Å². The smallest absolute Gasteiger partial charge is 0.341 e. The fourth-order valence-corrected chi connectivity index (χ4v) is 5.34. The number of ether oxygens (including phenoxy) is 1. The summed E-state index contributed by atoms with van der Waals surface area (Å²) in [6.07, 6.45) is 8.72. The van der Waals surface area contributed by atoms with Crippen molar-refractivity contribution in [1.82, 2.24) is 0 Å². The number of nitriles is 1. The molecule has 0 amide bonds. The monoisotopic (exact) mass is 493 g/mol. The number of hydrogen-bond acceptors (Lipinski definition) is 3. The van der Waals surface area contributed by atoms with Gasteiger partial charge in [-0.2, -0.15) is 5.26 Å². The molecule has 5 heteroatoms. The van der Waals surface area contributed by atoms with Gasteiger partial charge in [0.15, 0.2) is 0 Å². The molecule has 1 aliphatic carbocycles. The third kappa shape index (κ3) is 7.09. The Morgan fingerprint density at radius 3 is 2.44 bits per heavy atom. The lowest BCUT2D eigenvalue weighted by Gasteiger charge is -2.35. The molecule has 0 aliphatic heterocycles. The van der Waals surface area contributed by atoms with Gasteiger partial charge in [-0.3, -0.25) is 0 Å². The van der Waals surface area contributed by atoms with Crippen molar-refractivity contribution < 1.29 is 19.0 Å². The van der Waals surface area contributed by atoms with Crippen molar-refractivity contribution in [3.05, 3.63) is 53.6 Å². The average Bonchev–Trinajstić information content (AvgIpc) is 2.91. The van der Waals surface area contributed by atoms with E-state index >= 15 is 4.39 Å². The van der Waals surface area contributed by atoms with Crippen LogP contribution in [0, 0.1) is 23.2 Å². The predicted molar refractivity (Wildman–Crippen MR) is 142 cm³/mol. The number of unbranched alkanes of at least 4 members (excludes halogenated alkanes) is 1. The summed E-state index contributed by atoms with van der Waals surface area (Å²) >= 11 is 0. The number of carboxylic acids is 1. The zero-order chi connectivity index (χ0) is 26.0. The highest BCUT2D eigenvalue weighted by molar-refractivity contribution is 5.77. The van der Waals surface area contributed by atoms with Crippen LogP contribution >= 0.6 is 0 Å². The van der Waals surface area contributed by atoms with E-state index in [-0.39, 0.29) is 18.3 Å². The molecule has 1 N–H and O–H groups in total. The van der Waals surface area contributed by atoms with Crippen LogP contribution in [0.4, 0.5) is 4.39 Å². The Bertz CT molecular complexity index is 1020. The summed E-state index contributed by atoms with van der Waals surface area (Å²) in [7, 11) is 0. The summed E-state index contributed by atoms with van der Waals surface area (Å²) in [4.78, 5) is 11.9. The SMILES string of the molecule is CCCCOc1ccc(-c2ccc(CCC(CC)C[C@@](F)(C(=O)O)C3CCCCC3)cc2)cc1C#N. The lowest BCUT2D eigenvalue weighted by molar-refractivity contribution is -0.158. The fraction of sp³-hybridized carbons (Fsp3) is 0.548. The summed E-state index contributed by atoms with van der Waals surface area (Å²) in [6.45, 7) is 4.74. The number of carboxylic acid groups (broad SMARTS) is 1. The standard InChI is InChI=1S/C31H40FNO3/c1-3-5-19-36-29-18-17-26(20-27(29)22-33)25-15-13-24(14-16-25)12-11-23(4-2)21-31(32,30(34)35)28-9-7-6-8-10-28/h13-18,20,23,28H,3-12,19,21H2,1-2H3,(H,34,35)/t23?,31-/m0/s1. The van der Waals surface area contributed by atoms with Crippen molar-refractivity contribution in [3.8, 4) is 22.9 Å². The number of aryl methyl sites for hydroxylation is 1. The Balaban J connectivity index is 1.62. The van der Waals surface area contributed by atoms with Gasteiger partial charge in [-0.05, 0) is 73.3 Å². The van der Waals surface area contributed by atoms with Crippen LogP contribution in [-0.2, 0) is 11.2 Å². The number of carbonyl (C=O) groups is 1. The molecular formula is C31H40FNO3. The molecule has 0 heterocycles. The first-order chi connectivity index (χ1) is 17.4. The van der Waals surface area contributed by atoms with E-state index in [1.807, 2.05) is 37.3 Å². The number of halogens is 1. The summed E-state index contributed by atoms with van der Waals surface area (Å²) in [6, 6.07) is 16.2. The van der Waals surface area contributed by atoms with Crippen LogP contribution in [0.25, 0.3) is 11.1 Å². The molecule has 0 bridgehead atoms. The van der Waals surface area contributed by atoms with E-state index in [4.69, 9.17) is 4.74 Å². The van der Waals surface area contributed by atoms with Gasteiger partial charge in [-0.25, -0.2) is 9.18 Å². The van der Waals surface area contributed by atoms with Gasteiger partial charge in [0, 0.05) is 5.92 Å². The molecule has 2 aromatic rings. The molecule has 1 unspecified atom stereocenters. The molecule has 1 fully saturated rings. The Hall–Kier alpha value is -2.87. The van der Waals surface area contributed by atoms with Crippen LogP contribution in [0.2, 0.25) is 0 Å². The molecular weight excluding hydrogens is 453 g/mol. The zero-order valence-electron chi connectivity index (χ0n) is 21.8. The molecule has 0 spiro atoms. The van der Waals surface area contributed by atoms with Crippen molar-refractivity contribution in [2.24, 2.45) is 11.8 Å². The summed E-state index contributed by atoms with van der Waals surface area (Å²) in [5.74, 6) is -0.990. The van der Waals surface area contributed by atoms with Crippen molar-refractivity contribution in [3.63, 3.8) is 0 Å². The minimum atomic E-state index is -2.12. The van der Waals surface area contributed by atoms with Crippen LogP contribution in [0.5, 0.6) is 5.75 Å². The van der Waals surface area contributed by atoms with E-state index in [1.165, 1.54) is 0 Å². The Kier molecular flexibility index (Phi) is 10.3. The summed E-state index contributed by atoms with van der Waals surface area (Å²) in [5.41, 5.74) is 1.55. The van der Waals surface area contributed by atoms with Gasteiger partial charge in [0.2, 0.25) is 5.67 Å². The van der Waals surface area contributed by atoms with E-state index < -0.39 is 11.6 Å². The Morgan fingerprint density at radius 2 is 1.83 bits per heavy atom. The second-order valence-corrected chi connectivity index (χ2v) is 10.2. The zero-order valence-corrected chi connectivity index (χ0v) is 21.8. The first-order valence-electron chi connectivity index (χ1n) is 13.6. The normalized spacial score (nSPS) is 16.6. The largest absolute Gasteiger partial charge is 0.492 e. The van der Waals surface area contributed by atoms with E-state index in [2.05, 4.69) is 25.1 Å². The molecule has 4 nitrogen and oxygen atoms in total. The molecule has 3 rings (SSSR count). The first kappa shape index (κ1) is 27.7. The minimum absolute atomic E-state index is 0.0335. The van der Waals surface area contributed by atoms with Crippen LogP contribution in [0.3, 0.4) is 0 Å². The quantitative estimate of drug-likeness (QED) is 0.286. The van der Waals surface area contributed by atoms with Gasteiger partial charge in [-0.1, -0.05) is 76.3 Å². The molecule has 1 saturated carbocycles. The third-order valence-electron chi connectivity index (χ3n) is 7.75. The number of rotatable bonds is 13. The fourth-order valence-electron chi connectivity index (χ4n) is 5.34. The lowest BCUT2D eigenvalue weighted by atomic mass is 9.73. The van der Waals surface area contributed by atoms with Gasteiger partial charge >= 0.3 is 5.97 Å². The highest BCUT2D eigenvalue weighted by Crippen LogP contribution is 2.41. The molecule has 0 aromatic heterocycles. The molecule has 1 aliphatic rings. The molecule has 2 aromatic carbocycles. The number of hydrogen-bond donors (Lipinski definition) is 1. The minimum Gasteiger partial charge on any atom is -0.492 e. The van der Waals surface area contributed by atoms with Gasteiger partial charge in [0.1, 0.15) is 11.8 Å². The topological polar surface area (TPSA) is 70.3 Å². The highest BCUT2D eigenvalue weighted by atomic mass is 19.1. The highest BCUT2D eigenvalue weighted by Gasteiger charge is 2.47. The second-order valence-electron chi connectivity index (χ2n) is 10.2. The van der Waals surface area contributed by atoms with Crippen molar-refractivity contribution >= 4 is 5.97 Å². The Labute approximate surface area is 215 Å². The molecule has 194 valence electrons. The molecule has 36 heavy (non-hydrogen) atoms. The van der Waals surface area contributed by atoms with Gasteiger partial charge < -0.3 is 9.84 Å². The van der Waals surface area contributed by atoms with E-state index in [9.17, 15) is 15.2 Å². The van der Waals surface area contributed by atoms with Crippen molar-refractivity contribution in [1.29, 1.82) is 5.26 Å². The maximum Gasteiger partial charge on any atom is 0.341 e. The van der Waals surface area contributed by atoms with Gasteiger partial charge in [0.05, 0.1) is 12.2 Å². The van der Waals surface area contributed by atoms with Crippen molar-refractivity contribution in [2.75, 3.05) is 6.61 Å². The Morgan fingerprint density at radius 1 is 1.14 bits per heavy atom. The molecule has 0 saturated heterocycles. The average molecular weight is 494 g/mol. The molecule has 2 atom stereocenters. The second kappa shape index (κ2) is 13.4. The summed E-state index contributed by atoms with van der Waals surface area (Å²) in [5, 5.41) is 19.3. The molecule has 0 radical (unpaired) electrons. The lowest BCUT2D eigenvalue weighted by Crippen LogP contribution is -2.44. The van der Waals surface area contributed by atoms with E-state index in [0.717, 1.165) is 68.1 Å². The number of aliphatic carboxylic acids is 1. The summed E-state index contributed by atoms with van der Waals surface area (Å²) < 4.78 is 21.5. The van der Waals surface area contributed by atoms with Crippen LogP contribution < -0.4 is 4.74 Å². The number of alkyl halides is 1. The third-order valence-corrected chi connectivity index (χ3v) is 7.75. The predicted octanol–water partition coefficient (Wildman–Crippen LogP) is 8.13. The van der Waals surface area contributed by atoms with Gasteiger partial charge in [-0.15, -0.1) is 0 Å². The van der Waals surface area contributed by atoms with E-state index in [1.54, 1.807) is 0 Å². The number of nitrogens with zero attached hydrogens (tertiary/aromatic N) is 1. The van der Waals surface area contributed by atoms with E-state index in [0.29, 0.717) is 30.8 Å².